The van der Waals surface area contributed by atoms with E-state index in [1.165, 1.54) is 12.1 Å². The summed E-state index contributed by atoms with van der Waals surface area (Å²) in [6.07, 6.45) is -3.78. The number of carboxylic acid groups (broad SMARTS) is 1. The Bertz CT molecular complexity index is 526. The maximum absolute atomic E-state index is 12.1. The van der Waals surface area contributed by atoms with Crippen molar-refractivity contribution in [2.24, 2.45) is 11.8 Å². The van der Waals surface area contributed by atoms with Crippen molar-refractivity contribution in [2.75, 3.05) is 5.32 Å². The first-order valence-electron chi connectivity index (χ1n) is 6.79. The molecule has 22 heavy (non-hydrogen) atoms. The van der Waals surface area contributed by atoms with E-state index in [1.54, 1.807) is 24.4 Å². The van der Waals surface area contributed by atoms with Crippen LogP contribution in [0.4, 0.5) is 18.9 Å². The number of carbonyl (C=O) groups is 2. The lowest BCUT2D eigenvalue weighted by Crippen LogP contribution is -2.29. The first-order valence-corrected chi connectivity index (χ1v) is 6.79. The highest BCUT2D eigenvalue weighted by Gasteiger charge is 2.38. The average Bonchev–Trinajstić information content (AvgIpc) is 2.39. The monoisotopic (exact) mass is 317 g/mol. The Morgan fingerprint density at radius 3 is 2.18 bits per heavy atom. The van der Waals surface area contributed by atoms with Gasteiger partial charge in [-0.2, -0.15) is 13.2 Å². The highest BCUT2D eigenvalue weighted by atomic mass is 19.4. The molecule has 0 bridgehead atoms. The van der Waals surface area contributed by atoms with Crippen LogP contribution in [0.3, 0.4) is 0 Å². The van der Waals surface area contributed by atoms with Crippen LogP contribution in [0.2, 0.25) is 0 Å². The maximum atomic E-state index is 12.1. The van der Waals surface area contributed by atoms with Gasteiger partial charge in [-0.3, -0.25) is 9.59 Å². The number of carbonyl (C=O) groups excluding carboxylic acids is 1. The van der Waals surface area contributed by atoms with Crippen molar-refractivity contribution in [1.29, 1.82) is 0 Å². The van der Waals surface area contributed by atoms with Crippen LogP contribution in [0.5, 0.6) is 0 Å². The van der Waals surface area contributed by atoms with Crippen LogP contribution < -0.4 is 5.32 Å². The molecular weight excluding hydrogens is 299 g/mol. The first kappa shape index (κ1) is 18.0. The van der Waals surface area contributed by atoms with E-state index in [2.05, 4.69) is 0 Å². The van der Waals surface area contributed by atoms with E-state index in [9.17, 15) is 22.8 Å². The molecule has 4 nitrogen and oxygen atoms in total. The van der Waals surface area contributed by atoms with Crippen LogP contribution in [0, 0.1) is 11.8 Å². The van der Waals surface area contributed by atoms with E-state index in [4.69, 9.17) is 5.11 Å². The molecule has 1 amide bonds. The Labute approximate surface area is 126 Å². The minimum atomic E-state index is -4.92. The molecule has 0 heterocycles. The van der Waals surface area contributed by atoms with Gasteiger partial charge in [0.1, 0.15) is 0 Å². The zero-order valence-electron chi connectivity index (χ0n) is 12.3. The van der Waals surface area contributed by atoms with Crippen molar-refractivity contribution in [3.63, 3.8) is 0 Å². The van der Waals surface area contributed by atoms with Crippen molar-refractivity contribution >= 4 is 17.6 Å². The molecule has 0 radical (unpaired) electrons. The first-order chi connectivity index (χ1) is 10.1. The fourth-order valence-corrected chi connectivity index (χ4v) is 2.12. The van der Waals surface area contributed by atoms with Crippen molar-refractivity contribution in [1.82, 2.24) is 0 Å². The van der Waals surface area contributed by atoms with Gasteiger partial charge in [-0.25, -0.2) is 0 Å². The summed E-state index contributed by atoms with van der Waals surface area (Å²) in [4.78, 5) is 21.6. The lowest BCUT2D eigenvalue weighted by Gasteiger charge is -2.14. The van der Waals surface area contributed by atoms with E-state index < -0.39 is 24.0 Å². The molecule has 2 atom stereocenters. The molecule has 0 aliphatic heterocycles. The average molecular weight is 317 g/mol. The molecule has 7 heteroatoms. The van der Waals surface area contributed by atoms with Gasteiger partial charge in [-0.05, 0) is 36.5 Å². The molecular formula is C15H18F3NO3. The van der Waals surface area contributed by atoms with Crippen LogP contribution in [0.15, 0.2) is 24.3 Å². The number of hydrogen-bond acceptors (Lipinski definition) is 2. The number of aliphatic carboxylic acids is 1. The zero-order valence-corrected chi connectivity index (χ0v) is 12.3. The standard InChI is InChI=1S/C15H18F3NO3/c1-9(7-10(2)13(20)21)8-11-3-5-12(6-4-11)19-14(22)15(16,17)18/h3-6,9-10H,7-8H2,1-2H3,(H,19,22)(H,20,21)/t9-,10+/m1/s1. The smallest absolute Gasteiger partial charge is 0.471 e. The number of nitrogens with one attached hydrogen (secondary N) is 1. The molecule has 0 aromatic heterocycles. The lowest BCUT2D eigenvalue weighted by molar-refractivity contribution is -0.167. The third kappa shape index (κ3) is 5.75. The highest BCUT2D eigenvalue weighted by molar-refractivity contribution is 5.94. The van der Waals surface area contributed by atoms with Gasteiger partial charge >= 0.3 is 18.1 Å². The van der Waals surface area contributed by atoms with E-state index in [1.807, 2.05) is 6.92 Å². The Balaban J connectivity index is 2.58. The van der Waals surface area contributed by atoms with Gasteiger partial charge in [0, 0.05) is 5.69 Å². The summed E-state index contributed by atoms with van der Waals surface area (Å²) in [7, 11) is 0. The lowest BCUT2D eigenvalue weighted by atomic mass is 9.92. The van der Waals surface area contributed by atoms with E-state index in [0.717, 1.165) is 5.56 Å². The molecule has 0 aliphatic rings. The number of anilines is 1. The van der Waals surface area contributed by atoms with E-state index in [-0.39, 0.29) is 11.6 Å². The highest BCUT2D eigenvalue weighted by Crippen LogP contribution is 2.21. The second-order valence-electron chi connectivity index (χ2n) is 5.43. The van der Waals surface area contributed by atoms with Gasteiger partial charge < -0.3 is 10.4 Å². The topological polar surface area (TPSA) is 66.4 Å². The van der Waals surface area contributed by atoms with Crippen molar-refractivity contribution in [3.8, 4) is 0 Å². The molecule has 2 N–H and O–H groups in total. The molecule has 0 spiro atoms. The molecule has 0 fully saturated rings. The molecule has 0 unspecified atom stereocenters. The zero-order chi connectivity index (χ0) is 16.9. The summed E-state index contributed by atoms with van der Waals surface area (Å²) in [6.45, 7) is 3.55. The summed E-state index contributed by atoms with van der Waals surface area (Å²) >= 11 is 0. The SMILES string of the molecule is C[C@@H](Cc1ccc(NC(=O)C(F)(F)F)cc1)C[C@H](C)C(=O)O. The third-order valence-corrected chi connectivity index (χ3v) is 3.23. The molecule has 0 aliphatic carbocycles. The second kappa shape index (κ2) is 7.29. The number of halogens is 3. The van der Waals surface area contributed by atoms with Crippen LogP contribution in [0.1, 0.15) is 25.8 Å². The van der Waals surface area contributed by atoms with Gasteiger partial charge in [-0.15, -0.1) is 0 Å². The van der Waals surface area contributed by atoms with Crippen LogP contribution in [-0.4, -0.2) is 23.2 Å². The number of carboxylic acids is 1. The molecule has 1 aromatic carbocycles. The van der Waals surface area contributed by atoms with E-state index >= 15 is 0 Å². The van der Waals surface area contributed by atoms with Crippen LogP contribution in [-0.2, 0) is 16.0 Å². The second-order valence-corrected chi connectivity index (χ2v) is 5.43. The number of amides is 1. The number of rotatable bonds is 6. The van der Waals surface area contributed by atoms with Gasteiger partial charge in [0.2, 0.25) is 0 Å². The number of alkyl halides is 3. The maximum Gasteiger partial charge on any atom is 0.471 e. The van der Waals surface area contributed by atoms with Gasteiger partial charge in [-0.1, -0.05) is 26.0 Å². The molecule has 1 aromatic rings. The fourth-order valence-electron chi connectivity index (χ4n) is 2.12. The third-order valence-electron chi connectivity index (χ3n) is 3.23. The molecule has 122 valence electrons. The molecule has 0 saturated heterocycles. The van der Waals surface area contributed by atoms with Crippen molar-refractivity contribution in [3.05, 3.63) is 29.8 Å². The van der Waals surface area contributed by atoms with Gasteiger partial charge in [0.05, 0.1) is 5.92 Å². The number of hydrogen-bond donors (Lipinski definition) is 2. The Hall–Kier alpha value is -2.05. The Morgan fingerprint density at radius 2 is 1.73 bits per heavy atom. The molecule has 1 rings (SSSR count). The van der Waals surface area contributed by atoms with Crippen LogP contribution >= 0.6 is 0 Å². The summed E-state index contributed by atoms with van der Waals surface area (Å²) in [5.74, 6) is -3.18. The predicted molar refractivity (Wildman–Crippen MR) is 75.4 cm³/mol. The van der Waals surface area contributed by atoms with Crippen molar-refractivity contribution < 1.29 is 27.9 Å². The summed E-state index contributed by atoms with van der Waals surface area (Å²) in [5.41, 5.74) is 0.938. The summed E-state index contributed by atoms with van der Waals surface area (Å²) in [5, 5.41) is 10.6. The number of benzene rings is 1. The minimum Gasteiger partial charge on any atom is -0.481 e. The Kier molecular flexibility index (Phi) is 5.96. The van der Waals surface area contributed by atoms with Crippen molar-refractivity contribution in [2.45, 2.75) is 32.9 Å². The van der Waals surface area contributed by atoms with E-state index in [0.29, 0.717) is 12.8 Å². The summed E-state index contributed by atoms with van der Waals surface area (Å²) in [6, 6.07) is 6.03. The summed E-state index contributed by atoms with van der Waals surface area (Å²) < 4.78 is 36.3. The molecule has 0 saturated carbocycles. The normalized spacial score (nSPS) is 14.2. The quantitative estimate of drug-likeness (QED) is 0.844. The minimum absolute atomic E-state index is 0.0673. The van der Waals surface area contributed by atoms with Gasteiger partial charge in [0.25, 0.3) is 0 Å². The van der Waals surface area contributed by atoms with Crippen LogP contribution in [0.25, 0.3) is 0 Å². The Morgan fingerprint density at radius 1 is 1.18 bits per heavy atom. The fraction of sp³-hybridized carbons (Fsp3) is 0.467. The van der Waals surface area contributed by atoms with Gasteiger partial charge in [0.15, 0.2) is 0 Å². The predicted octanol–water partition coefficient (Wildman–Crippen LogP) is 3.48. The largest absolute Gasteiger partial charge is 0.481 e.